The van der Waals surface area contributed by atoms with Crippen molar-refractivity contribution in [2.75, 3.05) is 37.7 Å². The Morgan fingerprint density at radius 2 is 1.68 bits per heavy atom. The molecule has 2 aliphatic heterocycles. The normalized spacial score (nSPS) is 17.8. The second-order valence-corrected chi connectivity index (χ2v) is 7.28. The van der Waals surface area contributed by atoms with Crippen molar-refractivity contribution in [2.24, 2.45) is 5.41 Å². The molecule has 2 heterocycles. The molecule has 7 nitrogen and oxygen atoms in total. The van der Waals surface area contributed by atoms with E-state index in [0.717, 1.165) is 12.1 Å². The fourth-order valence-corrected chi connectivity index (χ4v) is 4.06. The molecule has 3 rings (SSSR count). The highest BCUT2D eigenvalue weighted by molar-refractivity contribution is 5.94. The SMILES string of the molecule is CCOC(=O)CC1(C(=O)OCC)CCN(C(=O)N2CCc3ccccc32)CC1. The second-order valence-electron chi connectivity index (χ2n) is 7.28. The van der Waals surface area contributed by atoms with Gasteiger partial charge in [0, 0.05) is 25.3 Å². The summed E-state index contributed by atoms with van der Waals surface area (Å²) in [5.41, 5.74) is 1.22. The molecule has 1 fully saturated rings. The lowest BCUT2D eigenvalue weighted by atomic mass is 9.75. The van der Waals surface area contributed by atoms with Gasteiger partial charge in [0.25, 0.3) is 0 Å². The monoisotopic (exact) mass is 388 g/mol. The molecule has 0 atom stereocenters. The number of likely N-dealkylation sites (tertiary alicyclic amines) is 1. The van der Waals surface area contributed by atoms with Crippen molar-refractivity contribution in [1.82, 2.24) is 4.90 Å². The van der Waals surface area contributed by atoms with Crippen LogP contribution in [0, 0.1) is 5.41 Å². The van der Waals surface area contributed by atoms with Crippen molar-refractivity contribution in [3.8, 4) is 0 Å². The molecule has 2 amide bonds. The molecule has 0 spiro atoms. The molecule has 0 N–H and O–H groups in total. The first-order valence-corrected chi connectivity index (χ1v) is 9.98. The van der Waals surface area contributed by atoms with Gasteiger partial charge in [0.1, 0.15) is 0 Å². The Kier molecular flexibility index (Phi) is 6.21. The van der Waals surface area contributed by atoms with E-state index >= 15 is 0 Å². The molecule has 1 saturated heterocycles. The summed E-state index contributed by atoms with van der Waals surface area (Å²) in [7, 11) is 0. The summed E-state index contributed by atoms with van der Waals surface area (Å²) >= 11 is 0. The average Bonchev–Trinajstić information content (AvgIpc) is 3.12. The number of esters is 2. The van der Waals surface area contributed by atoms with E-state index in [-0.39, 0.29) is 31.6 Å². The number of hydrogen-bond donors (Lipinski definition) is 0. The van der Waals surface area contributed by atoms with Gasteiger partial charge >= 0.3 is 18.0 Å². The van der Waals surface area contributed by atoms with Crippen LogP contribution in [0.15, 0.2) is 24.3 Å². The summed E-state index contributed by atoms with van der Waals surface area (Å²) < 4.78 is 10.3. The number of piperidine rings is 1. The largest absolute Gasteiger partial charge is 0.466 e. The number of nitrogens with zero attached hydrogens (tertiary/aromatic N) is 2. The maximum atomic E-state index is 13.0. The lowest BCUT2D eigenvalue weighted by molar-refractivity contribution is -0.165. The Hall–Kier alpha value is -2.57. The molecule has 0 aliphatic carbocycles. The van der Waals surface area contributed by atoms with Crippen molar-refractivity contribution in [3.05, 3.63) is 29.8 Å². The Bertz CT molecular complexity index is 740. The predicted octanol–water partition coefficient (Wildman–Crippen LogP) is 2.77. The van der Waals surface area contributed by atoms with Gasteiger partial charge in [-0.25, -0.2) is 4.79 Å². The summed E-state index contributed by atoms with van der Waals surface area (Å²) in [5, 5.41) is 0. The topological polar surface area (TPSA) is 76.2 Å². The van der Waals surface area contributed by atoms with E-state index in [4.69, 9.17) is 9.47 Å². The van der Waals surface area contributed by atoms with Gasteiger partial charge in [-0.15, -0.1) is 0 Å². The van der Waals surface area contributed by atoms with E-state index in [1.807, 2.05) is 24.3 Å². The van der Waals surface area contributed by atoms with Gasteiger partial charge in [0.2, 0.25) is 0 Å². The molecule has 1 aromatic rings. The summed E-state index contributed by atoms with van der Waals surface area (Å²) in [6.45, 7) is 5.52. The van der Waals surface area contributed by atoms with Gasteiger partial charge in [0.15, 0.2) is 0 Å². The molecular weight excluding hydrogens is 360 g/mol. The lowest BCUT2D eigenvalue weighted by Crippen LogP contribution is -2.51. The smallest absolute Gasteiger partial charge is 0.324 e. The molecule has 1 aromatic carbocycles. The number of anilines is 1. The van der Waals surface area contributed by atoms with Crippen LogP contribution in [0.2, 0.25) is 0 Å². The molecule has 2 aliphatic rings. The number of amides is 2. The zero-order valence-electron chi connectivity index (χ0n) is 16.6. The van der Waals surface area contributed by atoms with Crippen molar-refractivity contribution in [2.45, 2.75) is 39.5 Å². The van der Waals surface area contributed by atoms with Gasteiger partial charge in [0.05, 0.1) is 25.0 Å². The Morgan fingerprint density at radius 1 is 1.00 bits per heavy atom. The molecule has 152 valence electrons. The zero-order valence-corrected chi connectivity index (χ0v) is 16.6. The van der Waals surface area contributed by atoms with Gasteiger partial charge in [-0.1, -0.05) is 18.2 Å². The van der Waals surface area contributed by atoms with Crippen LogP contribution in [-0.4, -0.2) is 55.7 Å². The molecule has 0 unspecified atom stereocenters. The molecule has 28 heavy (non-hydrogen) atoms. The van der Waals surface area contributed by atoms with E-state index in [9.17, 15) is 14.4 Å². The maximum Gasteiger partial charge on any atom is 0.324 e. The van der Waals surface area contributed by atoms with Gasteiger partial charge in [-0.05, 0) is 44.7 Å². The van der Waals surface area contributed by atoms with E-state index in [1.54, 1.807) is 23.6 Å². The third kappa shape index (κ3) is 3.98. The third-order valence-electron chi connectivity index (χ3n) is 5.61. The number of para-hydroxylation sites is 1. The van der Waals surface area contributed by atoms with Crippen LogP contribution in [0.25, 0.3) is 0 Å². The van der Waals surface area contributed by atoms with Gasteiger partial charge < -0.3 is 14.4 Å². The van der Waals surface area contributed by atoms with Crippen molar-refractivity contribution in [1.29, 1.82) is 0 Å². The summed E-state index contributed by atoms with van der Waals surface area (Å²) in [6, 6.07) is 7.89. The second kappa shape index (κ2) is 8.63. The van der Waals surface area contributed by atoms with Gasteiger partial charge in [-0.3, -0.25) is 14.5 Å². The highest BCUT2D eigenvalue weighted by atomic mass is 16.5. The van der Waals surface area contributed by atoms with E-state index in [0.29, 0.717) is 32.5 Å². The van der Waals surface area contributed by atoms with Gasteiger partial charge in [-0.2, -0.15) is 0 Å². The zero-order chi connectivity index (χ0) is 20.1. The number of carbonyl (C=O) groups excluding carboxylic acids is 3. The van der Waals surface area contributed by atoms with Crippen molar-refractivity contribution in [3.63, 3.8) is 0 Å². The van der Waals surface area contributed by atoms with Crippen molar-refractivity contribution >= 4 is 23.7 Å². The lowest BCUT2D eigenvalue weighted by Gasteiger charge is -2.40. The first kappa shape index (κ1) is 20.2. The summed E-state index contributed by atoms with van der Waals surface area (Å²) in [6.07, 6.45) is 1.64. The number of benzene rings is 1. The van der Waals surface area contributed by atoms with Crippen LogP contribution in [0.4, 0.5) is 10.5 Å². The third-order valence-corrected chi connectivity index (χ3v) is 5.61. The molecule has 0 radical (unpaired) electrons. The van der Waals surface area contributed by atoms with Crippen LogP contribution in [0.3, 0.4) is 0 Å². The Labute approximate surface area is 165 Å². The minimum absolute atomic E-state index is 0.00570. The van der Waals surface area contributed by atoms with Crippen LogP contribution in [-0.2, 0) is 25.5 Å². The van der Waals surface area contributed by atoms with Crippen LogP contribution in [0.1, 0.15) is 38.7 Å². The highest BCUT2D eigenvalue weighted by Gasteiger charge is 2.46. The average molecular weight is 388 g/mol. The number of carbonyl (C=O) groups is 3. The fraction of sp³-hybridized carbons (Fsp3) is 0.571. The number of urea groups is 1. The first-order valence-electron chi connectivity index (χ1n) is 9.98. The minimum atomic E-state index is -0.915. The predicted molar refractivity (Wildman–Crippen MR) is 104 cm³/mol. The molecule has 7 heteroatoms. The molecule has 0 bridgehead atoms. The van der Waals surface area contributed by atoms with Crippen molar-refractivity contribution < 1.29 is 23.9 Å². The Morgan fingerprint density at radius 3 is 2.36 bits per heavy atom. The number of ether oxygens (including phenoxy) is 2. The summed E-state index contributed by atoms with van der Waals surface area (Å²) in [5.74, 6) is -0.773. The number of hydrogen-bond acceptors (Lipinski definition) is 5. The van der Waals surface area contributed by atoms with Crippen LogP contribution >= 0.6 is 0 Å². The number of fused-ring (bicyclic) bond motifs is 1. The van der Waals surface area contributed by atoms with E-state index in [2.05, 4.69) is 0 Å². The minimum Gasteiger partial charge on any atom is -0.466 e. The van der Waals surface area contributed by atoms with E-state index < -0.39 is 11.4 Å². The first-order chi connectivity index (χ1) is 13.5. The molecular formula is C21H28N2O5. The highest BCUT2D eigenvalue weighted by Crippen LogP contribution is 2.38. The van der Waals surface area contributed by atoms with E-state index in [1.165, 1.54) is 5.56 Å². The molecule has 0 saturated carbocycles. The number of rotatable bonds is 5. The van der Waals surface area contributed by atoms with Crippen LogP contribution in [0.5, 0.6) is 0 Å². The quantitative estimate of drug-likeness (QED) is 0.725. The molecule has 0 aromatic heterocycles. The summed E-state index contributed by atoms with van der Waals surface area (Å²) in [4.78, 5) is 41.3. The van der Waals surface area contributed by atoms with Crippen LogP contribution < -0.4 is 4.90 Å². The standard InChI is InChI=1S/C21H28N2O5/c1-3-27-18(24)15-21(19(25)28-4-2)10-13-22(14-11-21)20(26)23-12-9-16-7-5-6-8-17(16)23/h5-8H,3-4,9-15H2,1-2H3. The fourth-order valence-electron chi connectivity index (χ4n) is 4.06. The maximum absolute atomic E-state index is 13.0. The Balaban J connectivity index is 1.69.